The summed E-state index contributed by atoms with van der Waals surface area (Å²) in [6, 6.07) is 19.9. The van der Waals surface area contributed by atoms with Crippen LogP contribution in [0.2, 0.25) is 0 Å². The molecule has 0 heterocycles. The van der Waals surface area contributed by atoms with E-state index in [2.05, 4.69) is 41.5 Å². The van der Waals surface area contributed by atoms with Gasteiger partial charge in [0.25, 0.3) is 0 Å². The molecule has 0 saturated heterocycles. The van der Waals surface area contributed by atoms with Crippen LogP contribution in [-0.4, -0.2) is 30.6 Å². The highest BCUT2D eigenvalue weighted by atomic mass is 16.2. The molecule has 2 aromatic carbocycles. The van der Waals surface area contributed by atoms with Gasteiger partial charge < -0.3 is 15.5 Å². The Kier molecular flexibility index (Phi) is 7.30. The molecular weight excluding hydrogens is 298 g/mol. The lowest BCUT2D eigenvalue weighted by Gasteiger charge is -2.26. The Morgan fingerprint density at radius 1 is 0.958 bits per heavy atom. The molecule has 0 fully saturated rings. The number of hydrogen-bond donors (Lipinski definition) is 2. The molecular formula is C20H27N3O. The van der Waals surface area contributed by atoms with Crippen molar-refractivity contribution in [1.82, 2.24) is 15.5 Å². The molecule has 4 nitrogen and oxygen atoms in total. The predicted molar refractivity (Wildman–Crippen MR) is 98.8 cm³/mol. The minimum atomic E-state index is -0.139. The quantitative estimate of drug-likeness (QED) is 0.779. The maximum atomic E-state index is 12.3. The smallest absolute Gasteiger partial charge is 0.315 e. The van der Waals surface area contributed by atoms with E-state index in [-0.39, 0.29) is 12.1 Å². The van der Waals surface area contributed by atoms with Crippen LogP contribution in [0.5, 0.6) is 0 Å². The van der Waals surface area contributed by atoms with E-state index in [9.17, 15) is 4.79 Å². The fourth-order valence-corrected chi connectivity index (χ4v) is 2.65. The summed E-state index contributed by atoms with van der Waals surface area (Å²) in [6.07, 6.45) is 0. The van der Waals surface area contributed by atoms with Crippen molar-refractivity contribution in [3.8, 4) is 0 Å². The molecule has 0 aliphatic heterocycles. The lowest BCUT2D eigenvalue weighted by molar-refractivity contribution is 0.225. The molecule has 2 N–H and O–H groups in total. The molecule has 128 valence electrons. The fourth-order valence-electron chi connectivity index (χ4n) is 2.65. The molecule has 2 amide bonds. The Labute approximate surface area is 144 Å². The summed E-state index contributed by atoms with van der Waals surface area (Å²) in [5.41, 5.74) is 2.21. The van der Waals surface area contributed by atoms with E-state index in [0.29, 0.717) is 6.54 Å². The van der Waals surface area contributed by atoms with Crippen molar-refractivity contribution in [1.29, 1.82) is 0 Å². The van der Waals surface area contributed by atoms with Crippen LogP contribution >= 0.6 is 0 Å². The van der Waals surface area contributed by atoms with Gasteiger partial charge in [0.05, 0.1) is 6.04 Å². The number of urea groups is 1. The van der Waals surface area contributed by atoms with Gasteiger partial charge >= 0.3 is 6.03 Å². The first-order valence-electron chi connectivity index (χ1n) is 8.58. The predicted octanol–water partition coefficient (Wildman–Crippen LogP) is 3.57. The fraction of sp³-hybridized carbons (Fsp3) is 0.350. The van der Waals surface area contributed by atoms with Gasteiger partial charge in [-0.05, 0) is 24.2 Å². The summed E-state index contributed by atoms with van der Waals surface area (Å²) in [6.45, 7) is 7.54. The Morgan fingerprint density at radius 2 is 1.54 bits per heavy atom. The molecule has 4 heteroatoms. The molecule has 0 radical (unpaired) electrons. The Bertz CT molecular complexity index is 597. The first-order chi connectivity index (χ1) is 11.7. The molecule has 0 bridgehead atoms. The second-order valence-electron chi connectivity index (χ2n) is 5.76. The van der Waals surface area contributed by atoms with Gasteiger partial charge in [-0.1, -0.05) is 74.5 Å². The second kappa shape index (κ2) is 9.73. The first kappa shape index (κ1) is 18.0. The number of rotatable bonds is 8. The third-order valence-electron chi connectivity index (χ3n) is 4.14. The van der Waals surface area contributed by atoms with Crippen molar-refractivity contribution in [3.05, 3.63) is 71.8 Å². The summed E-state index contributed by atoms with van der Waals surface area (Å²) in [4.78, 5) is 14.6. The number of carbonyl (C=O) groups is 1. The normalized spacial score (nSPS) is 12.0. The minimum absolute atomic E-state index is 0.0260. The van der Waals surface area contributed by atoms with E-state index >= 15 is 0 Å². The number of likely N-dealkylation sites (N-methyl/N-ethyl adjacent to an activating group) is 1. The first-order valence-corrected chi connectivity index (χ1v) is 8.58. The Balaban J connectivity index is 1.97. The van der Waals surface area contributed by atoms with E-state index in [1.807, 2.05) is 48.5 Å². The molecule has 0 aliphatic rings. The van der Waals surface area contributed by atoms with E-state index in [0.717, 1.165) is 30.8 Å². The Hall–Kier alpha value is -2.33. The van der Waals surface area contributed by atoms with Gasteiger partial charge in [-0.2, -0.15) is 0 Å². The highest BCUT2D eigenvalue weighted by molar-refractivity contribution is 5.74. The topological polar surface area (TPSA) is 44.4 Å². The second-order valence-corrected chi connectivity index (χ2v) is 5.76. The summed E-state index contributed by atoms with van der Waals surface area (Å²) < 4.78 is 0. The molecule has 0 saturated carbocycles. The van der Waals surface area contributed by atoms with Gasteiger partial charge in [0.15, 0.2) is 0 Å². The van der Waals surface area contributed by atoms with Crippen LogP contribution in [0.3, 0.4) is 0 Å². The highest BCUT2D eigenvalue weighted by Gasteiger charge is 2.16. The van der Waals surface area contributed by atoms with E-state index in [1.165, 1.54) is 0 Å². The summed E-state index contributed by atoms with van der Waals surface area (Å²) >= 11 is 0. The number of carbonyl (C=O) groups excluding carboxylic acids is 1. The molecule has 0 spiro atoms. The van der Waals surface area contributed by atoms with E-state index in [1.54, 1.807) is 0 Å². The molecule has 0 unspecified atom stereocenters. The van der Waals surface area contributed by atoms with Crippen molar-refractivity contribution in [3.63, 3.8) is 0 Å². The molecule has 0 aliphatic carbocycles. The van der Waals surface area contributed by atoms with Crippen LogP contribution in [0.4, 0.5) is 4.79 Å². The number of amides is 2. The molecule has 1 atom stereocenters. The average molecular weight is 325 g/mol. The molecule has 2 aromatic rings. The van der Waals surface area contributed by atoms with Crippen LogP contribution in [0.15, 0.2) is 60.7 Å². The number of benzene rings is 2. The van der Waals surface area contributed by atoms with Crippen molar-refractivity contribution in [2.45, 2.75) is 26.4 Å². The molecule has 24 heavy (non-hydrogen) atoms. The van der Waals surface area contributed by atoms with Crippen LogP contribution < -0.4 is 10.6 Å². The number of nitrogens with zero attached hydrogens (tertiary/aromatic N) is 1. The van der Waals surface area contributed by atoms with Crippen LogP contribution in [-0.2, 0) is 6.54 Å². The van der Waals surface area contributed by atoms with Crippen molar-refractivity contribution in [2.24, 2.45) is 0 Å². The summed E-state index contributed by atoms with van der Waals surface area (Å²) in [5, 5.41) is 6.05. The molecule has 0 aromatic heterocycles. The van der Waals surface area contributed by atoms with E-state index < -0.39 is 0 Å². The zero-order valence-corrected chi connectivity index (χ0v) is 14.5. The number of hydrogen-bond acceptors (Lipinski definition) is 2. The van der Waals surface area contributed by atoms with Crippen molar-refractivity contribution < 1.29 is 4.79 Å². The van der Waals surface area contributed by atoms with Crippen LogP contribution in [0.1, 0.15) is 31.0 Å². The van der Waals surface area contributed by atoms with Gasteiger partial charge in [0, 0.05) is 13.1 Å². The standard InChI is InChI=1S/C20H27N3O/c1-3-23(4-2)16-19(18-13-9-6-10-14-18)22-20(24)21-15-17-11-7-5-8-12-17/h5-14,19H,3-4,15-16H2,1-2H3,(H2,21,22,24)/t19-/m1/s1. The van der Waals surface area contributed by atoms with Gasteiger partial charge in [0.1, 0.15) is 0 Å². The lowest BCUT2D eigenvalue weighted by Crippen LogP contribution is -2.42. The van der Waals surface area contributed by atoms with Gasteiger partial charge in [-0.15, -0.1) is 0 Å². The average Bonchev–Trinajstić information content (AvgIpc) is 2.65. The van der Waals surface area contributed by atoms with Crippen LogP contribution in [0.25, 0.3) is 0 Å². The monoisotopic (exact) mass is 325 g/mol. The third kappa shape index (κ3) is 5.70. The molecule has 2 rings (SSSR count). The van der Waals surface area contributed by atoms with Crippen LogP contribution in [0, 0.1) is 0 Å². The zero-order valence-electron chi connectivity index (χ0n) is 14.5. The maximum Gasteiger partial charge on any atom is 0.315 e. The van der Waals surface area contributed by atoms with Gasteiger partial charge in [0.2, 0.25) is 0 Å². The Morgan fingerprint density at radius 3 is 2.12 bits per heavy atom. The summed E-state index contributed by atoms with van der Waals surface area (Å²) in [7, 11) is 0. The van der Waals surface area contributed by atoms with Gasteiger partial charge in [-0.3, -0.25) is 0 Å². The third-order valence-corrected chi connectivity index (χ3v) is 4.14. The van der Waals surface area contributed by atoms with Crippen molar-refractivity contribution >= 4 is 6.03 Å². The number of nitrogens with one attached hydrogen (secondary N) is 2. The lowest BCUT2D eigenvalue weighted by atomic mass is 10.1. The maximum absolute atomic E-state index is 12.3. The highest BCUT2D eigenvalue weighted by Crippen LogP contribution is 2.14. The largest absolute Gasteiger partial charge is 0.334 e. The van der Waals surface area contributed by atoms with Gasteiger partial charge in [-0.25, -0.2) is 4.79 Å². The zero-order chi connectivity index (χ0) is 17.2. The van der Waals surface area contributed by atoms with E-state index in [4.69, 9.17) is 0 Å². The summed E-state index contributed by atoms with van der Waals surface area (Å²) in [5.74, 6) is 0. The SMILES string of the molecule is CCN(CC)C[C@@H](NC(=O)NCc1ccccc1)c1ccccc1. The van der Waals surface area contributed by atoms with Crippen molar-refractivity contribution in [2.75, 3.05) is 19.6 Å². The minimum Gasteiger partial charge on any atom is -0.334 e.